The van der Waals surface area contributed by atoms with E-state index in [1.165, 1.54) is 0 Å². The van der Waals surface area contributed by atoms with E-state index < -0.39 is 0 Å². The molecule has 2 aromatic carbocycles. The molecule has 1 unspecified atom stereocenters. The zero-order chi connectivity index (χ0) is 18.8. The molecule has 4 nitrogen and oxygen atoms in total. The van der Waals surface area contributed by atoms with Crippen LogP contribution < -0.4 is 0 Å². The maximum Gasteiger partial charge on any atom is 0.254 e. The second kappa shape index (κ2) is 7.67. The second-order valence-electron chi connectivity index (χ2n) is 6.74. The van der Waals surface area contributed by atoms with Gasteiger partial charge in [0, 0.05) is 28.7 Å². The van der Waals surface area contributed by atoms with E-state index >= 15 is 0 Å². The molecule has 1 amide bonds. The number of morpholine rings is 1. The van der Waals surface area contributed by atoms with Gasteiger partial charge in [-0.25, -0.2) is 0 Å². The van der Waals surface area contributed by atoms with Gasteiger partial charge in [-0.2, -0.15) is 0 Å². The van der Waals surface area contributed by atoms with Crippen molar-refractivity contribution in [1.82, 2.24) is 9.88 Å². The van der Waals surface area contributed by atoms with E-state index in [9.17, 15) is 4.79 Å². The van der Waals surface area contributed by atoms with Crippen molar-refractivity contribution < 1.29 is 9.53 Å². The Bertz CT molecular complexity index is 989. The van der Waals surface area contributed by atoms with Crippen LogP contribution in [0.3, 0.4) is 0 Å². The van der Waals surface area contributed by atoms with Gasteiger partial charge in [0.1, 0.15) is 0 Å². The van der Waals surface area contributed by atoms with E-state index in [4.69, 9.17) is 16.3 Å². The van der Waals surface area contributed by atoms with Crippen molar-refractivity contribution >= 4 is 28.4 Å². The predicted octanol–water partition coefficient (Wildman–Crippen LogP) is 4.81. The number of carbonyl (C=O) groups is 1. The van der Waals surface area contributed by atoms with E-state index in [0.29, 0.717) is 30.3 Å². The molecule has 1 aliphatic rings. The number of fused-ring (bicyclic) bond motifs is 1. The summed E-state index contributed by atoms with van der Waals surface area (Å²) >= 11 is 6.19. The molecule has 1 saturated heterocycles. The highest BCUT2D eigenvalue weighted by molar-refractivity contribution is 6.31. The molecule has 1 aromatic heterocycles. The smallest absolute Gasteiger partial charge is 0.254 e. The molecule has 0 aliphatic carbocycles. The molecule has 0 bridgehead atoms. The highest BCUT2D eigenvalue weighted by Crippen LogP contribution is 2.30. The third kappa shape index (κ3) is 3.55. The zero-order valence-electron chi connectivity index (χ0n) is 15.2. The highest BCUT2D eigenvalue weighted by Gasteiger charge is 2.26. The molecular weight excluding hydrogens is 360 g/mol. The molecule has 27 heavy (non-hydrogen) atoms. The first-order valence-corrected chi connectivity index (χ1v) is 9.58. The van der Waals surface area contributed by atoms with Crippen molar-refractivity contribution in [3.8, 4) is 11.1 Å². The molecule has 1 aliphatic heterocycles. The van der Waals surface area contributed by atoms with Crippen molar-refractivity contribution in [2.75, 3.05) is 19.8 Å². The maximum absolute atomic E-state index is 13.1. The van der Waals surface area contributed by atoms with Gasteiger partial charge in [-0.3, -0.25) is 9.78 Å². The molecule has 0 saturated carbocycles. The van der Waals surface area contributed by atoms with Gasteiger partial charge in [0.25, 0.3) is 5.91 Å². The standard InChI is InChI=1S/C22H21ClN2O2/c1-2-18-14-27-11-10-25(18)22(26)16-5-3-4-15(12-16)19-8-9-24-21-7-6-17(23)13-20(19)21/h3-9,12-13,18H,2,10-11,14H2,1H3. The number of nitrogens with zero attached hydrogens (tertiary/aromatic N) is 2. The van der Waals surface area contributed by atoms with Crippen LogP contribution in [0, 0.1) is 0 Å². The molecule has 0 radical (unpaired) electrons. The van der Waals surface area contributed by atoms with E-state index in [1.807, 2.05) is 53.4 Å². The minimum absolute atomic E-state index is 0.0587. The van der Waals surface area contributed by atoms with Crippen molar-refractivity contribution in [2.24, 2.45) is 0 Å². The summed E-state index contributed by atoms with van der Waals surface area (Å²) in [5.74, 6) is 0.0587. The summed E-state index contributed by atoms with van der Waals surface area (Å²) in [6.45, 7) is 3.92. The number of hydrogen-bond acceptors (Lipinski definition) is 3. The minimum atomic E-state index is 0.0587. The first kappa shape index (κ1) is 18.0. The summed E-state index contributed by atoms with van der Waals surface area (Å²) in [5, 5.41) is 1.65. The molecule has 3 aromatic rings. The van der Waals surface area contributed by atoms with Gasteiger partial charge in [-0.1, -0.05) is 30.7 Å². The van der Waals surface area contributed by atoms with Crippen LogP contribution in [0.25, 0.3) is 22.0 Å². The van der Waals surface area contributed by atoms with E-state index in [1.54, 1.807) is 6.20 Å². The largest absolute Gasteiger partial charge is 0.377 e. The average molecular weight is 381 g/mol. The fourth-order valence-electron chi connectivity index (χ4n) is 3.62. The molecule has 4 rings (SSSR count). The topological polar surface area (TPSA) is 42.4 Å². The fraction of sp³-hybridized carbons (Fsp3) is 0.273. The molecular formula is C22H21ClN2O2. The number of amides is 1. The van der Waals surface area contributed by atoms with E-state index in [2.05, 4.69) is 11.9 Å². The summed E-state index contributed by atoms with van der Waals surface area (Å²) in [5.41, 5.74) is 3.58. The Balaban J connectivity index is 1.73. The summed E-state index contributed by atoms with van der Waals surface area (Å²) in [6.07, 6.45) is 2.67. The molecule has 0 N–H and O–H groups in total. The molecule has 138 valence electrons. The number of ether oxygens (including phenoxy) is 1. The summed E-state index contributed by atoms with van der Waals surface area (Å²) < 4.78 is 5.53. The minimum Gasteiger partial charge on any atom is -0.377 e. The lowest BCUT2D eigenvalue weighted by molar-refractivity contribution is -0.00279. The molecule has 5 heteroatoms. The average Bonchev–Trinajstić information content (AvgIpc) is 2.72. The van der Waals surface area contributed by atoms with Crippen LogP contribution in [0.2, 0.25) is 5.02 Å². The van der Waals surface area contributed by atoms with Gasteiger partial charge in [0.05, 0.1) is 24.8 Å². The number of rotatable bonds is 3. The van der Waals surface area contributed by atoms with Crippen molar-refractivity contribution in [2.45, 2.75) is 19.4 Å². The van der Waals surface area contributed by atoms with Crippen LogP contribution in [0.5, 0.6) is 0 Å². The van der Waals surface area contributed by atoms with Gasteiger partial charge in [0.2, 0.25) is 0 Å². The molecule has 2 heterocycles. The highest BCUT2D eigenvalue weighted by atomic mass is 35.5. The van der Waals surface area contributed by atoms with Gasteiger partial charge in [-0.15, -0.1) is 0 Å². The Morgan fingerprint density at radius 1 is 1.26 bits per heavy atom. The number of aromatic nitrogens is 1. The Morgan fingerprint density at radius 3 is 3.00 bits per heavy atom. The van der Waals surface area contributed by atoms with Gasteiger partial charge < -0.3 is 9.64 Å². The van der Waals surface area contributed by atoms with Crippen LogP contribution >= 0.6 is 11.6 Å². The van der Waals surface area contributed by atoms with Crippen LogP contribution in [0.1, 0.15) is 23.7 Å². The Morgan fingerprint density at radius 2 is 2.15 bits per heavy atom. The number of pyridine rings is 1. The Hall–Kier alpha value is -2.43. The van der Waals surface area contributed by atoms with E-state index in [0.717, 1.165) is 28.5 Å². The third-order valence-electron chi connectivity index (χ3n) is 5.08. The normalized spacial score (nSPS) is 17.3. The maximum atomic E-state index is 13.1. The number of halogens is 1. The van der Waals surface area contributed by atoms with Gasteiger partial charge >= 0.3 is 0 Å². The van der Waals surface area contributed by atoms with Crippen molar-refractivity contribution in [3.63, 3.8) is 0 Å². The summed E-state index contributed by atoms with van der Waals surface area (Å²) in [6, 6.07) is 15.6. The summed E-state index contributed by atoms with van der Waals surface area (Å²) in [7, 11) is 0. The fourth-order valence-corrected chi connectivity index (χ4v) is 3.79. The lowest BCUT2D eigenvalue weighted by Gasteiger charge is -2.35. The first-order chi connectivity index (χ1) is 13.2. The lowest BCUT2D eigenvalue weighted by atomic mass is 9.99. The van der Waals surface area contributed by atoms with Gasteiger partial charge in [0.15, 0.2) is 0 Å². The van der Waals surface area contributed by atoms with Crippen LogP contribution in [-0.4, -0.2) is 41.6 Å². The Labute approximate surface area is 163 Å². The lowest BCUT2D eigenvalue weighted by Crippen LogP contribution is -2.48. The molecule has 0 spiro atoms. The van der Waals surface area contributed by atoms with Crippen LogP contribution in [0.15, 0.2) is 54.7 Å². The van der Waals surface area contributed by atoms with Crippen LogP contribution in [-0.2, 0) is 4.74 Å². The quantitative estimate of drug-likeness (QED) is 0.655. The predicted molar refractivity (Wildman–Crippen MR) is 108 cm³/mol. The Kier molecular flexibility index (Phi) is 5.10. The van der Waals surface area contributed by atoms with Gasteiger partial charge in [-0.05, 0) is 53.9 Å². The number of benzene rings is 2. The van der Waals surface area contributed by atoms with E-state index in [-0.39, 0.29) is 11.9 Å². The monoisotopic (exact) mass is 380 g/mol. The van der Waals surface area contributed by atoms with Crippen LogP contribution in [0.4, 0.5) is 0 Å². The molecule has 1 fully saturated rings. The number of hydrogen-bond donors (Lipinski definition) is 0. The second-order valence-corrected chi connectivity index (χ2v) is 7.17. The van der Waals surface area contributed by atoms with Crippen molar-refractivity contribution in [1.29, 1.82) is 0 Å². The first-order valence-electron chi connectivity index (χ1n) is 9.21. The third-order valence-corrected chi connectivity index (χ3v) is 5.32. The molecule has 1 atom stereocenters. The SMILES string of the molecule is CCC1COCCN1C(=O)c1cccc(-c2ccnc3ccc(Cl)cc23)c1. The zero-order valence-corrected chi connectivity index (χ0v) is 15.9. The van der Waals surface area contributed by atoms with Crippen molar-refractivity contribution in [3.05, 3.63) is 65.3 Å². The number of carbonyl (C=O) groups excluding carboxylic acids is 1. The summed E-state index contributed by atoms with van der Waals surface area (Å²) in [4.78, 5) is 19.5.